The topological polar surface area (TPSA) is 30.3 Å². The number of hydrogen-bond acceptors (Lipinski definition) is 3. The van der Waals surface area contributed by atoms with Gasteiger partial charge in [-0.25, -0.2) is 0 Å². The van der Waals surface area contributed by atoms with Crippen molar-refractivity contribution in [3.05, 3.63) is 35.4 Å². The molecule has 3 heteroatoms. The number of hydrogen-bond donors (Lipinski definition) is 0. The van der Waals surface area contributed by atoms with Gasteiger partial charge >= 0.3 is 0 Å². The van der Waals surface area contributed by atoms with E-state index in [1.54, 1.807) is 0 Å². The lowest BCUT2D eigenvalue weighted by atomic mass is 10.0. The van der Waals surface area contributed by atoms with Crippen molar-refractivity contribution in [3.63, 3.8) is 0 Å². The summed E-state index contributed by atoms with van der Waals surface area (Å²) < 4.78 is 0. The van der Waals surface area contributed by atoms with Crippen LogP contribution in [-0.4, -0.2) is 43.0 Å². The maximum Gasteiger partial charge on any atom is 0.0995 e. The number of nitriles is 1. The molecule has 1 aromatic rings. The summed E-state index contributed by atoms with van der Waals surface area (Å²) in [6, 6.07) is 10.8. The zero-order valence-corrected chi connectivity index (χ0v) is 11.3. The van der Waals surface area contributed by atoms with Gasteiger partial charge in [0.1, 0.15) is 0 Å². The average molecular weight is 243 g/mol. The van der Waals surface area contributed by atoms with Gasteiger partial charge in [-0.1, -0.05) is 18.2 Å². The number of piperidine rings is 1. The smallest absolute Gasteiger partial charge is 0.0995 e. The van der Waals surface area contributed by atoms with Crippen LogP contribution in [-0.2, 0) is 6.54 Å². The highest BCUT2D eigenvalue weighted by Crippen LogP contribution is 2.17. The Kier molecular flexibility index (Phi) is 4.35. The highest BCUT2D eigenvalue weighted by Gasteiger charge is 2.21. The third-order valence-electron chi connectivity index (χ3n) is 3.78. The molecule has 1 aromatic carbocycles. The Labute approximate surface area is 110 Å². The van der Waals surface area contributed by atoms with Gasteiger partial charge in [0.25, 0.3) is 0 Å². The molecule has 96 valence electrons. The summed E-state index contributed by atoms with van der Waals surface area (Å²) in [4.78, 5) is 4.77. The average Bonchev–Trinajstić information content (AvgIpc) is 2.39. The summed E-state index contributed by atoms with van der Waals surface area (Å²) in [5, 5.41) is 9.11. The van der Waals surface area contributed by atoms with Crippen molar-refractivity contribution in [3.8, 4) is 6.07 Å². The zero-order valence-electron chi connectivity index (χ0n) is 11.3. The van der Waals surface area contributed by atoms with E-state index in [4.69, 9.17) is 5.26 Å². The van der Waals surface area contributed by atoms with Gasteiger partial charge in [0.15, 0.2) is 0 Å². The van der Waals surface area contributed by atoms with E-state index in [0.717, 1.165) is 24.2 Å². The van der Waals surface area contributed by atoms with Crippen LogP contribution in [0.25, 0.3) is 0 Å². The fraction of sp³-hybridized carbons (Fsp3) is 0.533. The number of benzene rings is 1. The summed E-state index contributed by atoms with van der Waals surface area (Å²) >= 11 is 0. The van der Waals surface area contributed by atoms with Crippen molar-refractivity contribution in [2.75, 3.05) is 27.2 Å². The van der Waals surface area contributed by atoms with Crippen LogP contribution in [0.2, 0.25) is 0 Å². The first-order valence-electron chi connectivity index (χ1n) is 6.57. The molecule has 0 radical (unpaired) electrons. The van der Waals surface area contributed by atoms with E-state index in [2.05, 4.69) is 36.0 Å². The van der Waals surface area contributed by atoms with Gasteiger partial charge in [-0.15, -0.1) is 0 Å². The Morgan fingerprint density at radius 1 is 1.44 bits per heavy atom. The molecule has 18 heavy (non-hydrogen) atoms. The lowest BCUT2D eigenvalue weighted by Crippen LogP contribution is -2.44. The van der Waals surface area contributed by atoms with Crippen LogP contribution in [0.3, 0.4) is 0 Å². The van der Waals surface area contributed by atoms with E-state index in [9.17, 15) is 0 Å². The Hall–Kier alpha value is -1.37. The molecule has 1 fully saturated rings. The summed E-state index contributed by atoms with van der Waals surface area (Å²) in [5.74, 6) is 0. The molecular weight excluding hydrogens is 222 g/mol. The SMILES string of the molecule is CN1CCCC(N(C)Cc2ccccc2C#N)C1. The second-order valence-electron chi connectivity index (χ2n) is 5.24. The van der Waals surface area contributed by atoms with E-state index in [1.165, 1.54) is 19.4 Å². The minimum Gasteiger partial charge on any atom is -0.305 e. The molecule has 0 amide bonds. The number of nitrogens with zero attached hydrogens (tertiary/aromatic N) is 3. The third-order valence-corrected chi connectivity index (χ3v) is 3.78. The third kappa shape index (κ3) is 3.10. The van der Waals surface area contributed by atoms with Gasteiger partial charge in [-0.05, 0) is 45.1 Å². The fourth-order valence-electron chi connectivity index (χ4n) is 2.66. The van der Waals surface area contributed by atoms with Gasteiger partial charge in [0.2, 0.25) is 0 Å². The van der Waals surface area contributed by atoms with E-state index in [0.29, 0.717) is 6.04 Å². The molecule has 0 saturated carbocycles. The summed E-state index contributed by atoms with van der Waals surface area (Å²) in [7, 11) is 4.35. The Morgan fingerprint density at radius 2 is 2.22 bits per heavy atom. The standard InChI is InChI=1S/C15H21N3/c1-17-9-5-8-15(12-17)18(2)11-14-7-4-3-6-13(14)10-16/h3-4,6-7,15H,5,8-9,11-12H2,1-2H3. The molecule has 0 aromatic heterocycles. The molecule has 1 saturated heterocycles. The quantitative estimate of drug-likeness (QED) is 0.814. The molecular formula is C15H21N3. The molecule has 0 spiro atoms. The Balaban J connectivity index is 2.02. The van der Waals surface area contributed by atoms with Crippen LogP contribution in [0.15, 0.2) is 24.3 Å². The van der Waals surface area contributed by atoms with E-state index in [1.807, 2.05) is 18.2 Å². The normalized spacial score (nSPS) is 20.9. The second-order valence-corrected chi connectivity index (χ2v) is 5.24. The van der Waals surface area contributed by atoms with E-state index in [-0.39, 0.29) is 0 Å². The van der Waals surface area contributed by atoms with Crippen molar-refractivity contribution >= 4 is 0 Å². The van der Waals surface area contributed by atoms with Gasteiger partial charge in [-0.3, -0.25) is 4.90 Å². The van der Waals surface area contributed by atoms with Gasteiger partial charge in [0, 0.05) is 19.1 Å². The Morgan fingerprint density at radius 3 is 2.94 bits per heavy atom. The first kappa shape index (κ1) is 13.1. The number of rotatable bonds is 3. The molecule has 0 N–H and O–H groups in total. The highest BCUT2D eigenvalue weighted by atomic mass is 15.2. The van der Waals surface area contributed by atoms with E-state index >= 15 is 0 Å². The largest absolute Gasteiger partial charge is 0.305 e. The highest BCUT2D eigenvalue weighted by molar-refractivity contribution is 5.37. The number of likely N-dealkylation sites (N-methyl/N-ethyl adjacent to an activating group) is 2. The van der Waals surface area contributed by atoms with Gasteiger partial charge < -0.3 is 4.90 Å². The van der Waals surface area contributed by atoms with Crippen LogP contribution in [0, 0.1) is 11.3 Å². The van der Waals surface area contributed by atoms with Crippen LogP contribution >= 0.6 is 0 Å². The van der Waals surface area contributed by atoms with Crippen molar-refractivity contribution in [2.45, 2.75) is 25.4 Å². The number of likely N-dealkylation sites (tertiary alicyclic amines) is 1. The minimum atomic E-state index is 0.607. The summed E-state index contributed by atoms with van der Waals surface area (Å²) in [5.41, 5.74) is 1.93. The lowest BCUT2D eigenvalue weighted by Gasteiger charge is -2.36. The summed E-state index contributed by atoms with van der Waals surface area (Å²) in [6.07, 6.45) is 2.53. The molecule has 1 aliphatic rings. The second kappa shape index (κ2) is 5.99. The van der Waals surface area contributed by atoms with Crippen LogP contribution in [0.4, 0.5) is 0 Å². The predicted molar refractivity (Wildman–Crippen MR) is 73.1 cm³/mol. The van der Waals surface area contributed by atoms with Crippen molar-refractivity contribution in [1.82, 2.24) is 9.80 Å². The van der Waals surface area contributed by atoms with Gasteiger partial charge in [0.05, 0.1) is 11.6 Å². The minimum absolute atomic E-state index is 0.607. The van der Waals surface area contributed by atoms with E-state index < -0.39 is 0 Å². The Bertz CT molecular complexity index is 436. The van der Waals surface area contributed by atoms with Crippen LogP contribution in [0.1, 0.15) is 24.0 Å². The molecule has 0 bridgehead atoms. The zero-order chi connectivity index (χ0) is 13.0. The molecule has 2 rings (SSSR count). The fourth-order valence-corrected chi connectivity index (χ4v) is 2.66. The van der Waals surface area contributed by atoms with Crippen molar-refractivity contribution in [2.24, 2.45) is 0 Å². The van der Waals surface area contributed by atoms with Crippen LogP contribution in [0.5, 0.6) is 0 Å². The summed E-state index contributed by atoms with van der Waals surface area (Å²) in [6.45, 7) is 3.20. The molecule has 1 aliphatic heterocycles. The molecule has 3 nitrogen and oxygen atoms in total. The van der Waals surface area contributed by atoms with Crippen LogP contribution < -0.4 is 0 Å². The first-order valence-corrected chi connectivity index (χ1v) is 6.57. The monoisotopic (exact) mass is 243 g/mol. The molecule has 1 heterocycles. The van der Waals surface area contributed by atoms with Crippen molar-refractivity contribution < 1.29 is 0 Å². The molecule has 1 unspecified atom stereocenters. The molecule has 0 aliphatic carbocycles. The van der Waals surface area contributed by atoms with Crippen molar-refractivity contribution in [1.29, 1.82) is 5.26 Å². The maximum absolute atomic E-state index is 9.11. The lowest BCUT2D eigenvalue weighted by molar-refractivity contribution is 0.129. The molecule has 1 atom stereocenters. The predicted octanol–water partition coefficient (Wildman–Crippen LogP) is 2.08. The van der Waals surface area contributed by atoms with Gasteiger partial charge in [-0.2, -0.15) is 5.26 Å². The maximum atomic E-state index is 9.11. The first-order chi connectivity index (χ1) is 8.70.